The Morgan fingerprint density at radius 1 is 1.33 bits per heavy atom. The van der Waals surface area contributed by atoms with Gasteiger partial charge < -0.3 is 5.32 Å². The van der Waals surface area contributed by atoms with E-state index in [4.69, 9.17) is 0 Å². The summed E-state index contributed by atoms with van der Waals surface area (Å²) in [6, 6.07) is 10.8. The Bertz CT molecular complexity index is 382. The Labute approximate surface area is 91.2 Å². The molecule has 1 heteroatoms. The van der Waals surface area contributed by atoms with Gasteiger partial charge in [-0.25, -0.2) is 0 Å². The summed E-state index contributed by atoms with van der Waals surface area (Å²) in [5.74, 6) is 1.35. The maximum absolute atomic E-state index is 3.68. The molecule has 2 bridgehead atoms. The van der Waals surface area contributed by atoms with Gasteiger partial charge in [-0.15, -0.1) is 0 Å². The Balaban J connectivity index is 1.92. The fourth-order valence-corrected chi connectivity index (χ4v) is 2.98. The molecule has 78 valence electrons. The lowest BCUT2D eigenvalue weighted by molar-refractivity contribution is 0.405. The SMILES string of the molecule is CC(c1ccccc1)[C@]12C=CC(CN1)C2. The second kappa shape index (κ2) is 3.21. The lowest BCUT2D eigenvalue weighted by Gasteiger charge is -2.32. The largest absolute Gasteiger partial charge is 0.307 e. The van der Waals surface area contributed by atoms with E-state index in [2.05, 4.69) is 54.7 Å². The van der Waals surface area contributed by atoms with Gasteiger partial charge in [-0.1, -0.05) is 49.4 Å². The van der Waals surface area contributed by atoms with Crippen LogP contribution in [0.15, 0.2) is 42.5 Å². The first-order valence-electron chi connectivity index (χ1n) is 5.79. The van der Waals surface area contributed by atoms with Crippen molar-refractivity contribution in [2.75, 3.05) is 6.54 Å². The van der Waals surface area contributed by atoms with Gasteiger partial charge in [0, 0.05) is 18.0 Å². The number of hydrogen-bond acceptors (Lipinski definition) is 1. The summed E-state index contributed by atoms with van der Waals surface area (Å²) in [7, 11) is 0. The second-order valence-corrected chi connectivity index (χ2v) is 4.88. The minimum absolute atomic E-state index is 0.242. The second-order valence-electron chi connectivity index (χ2n) is 4.88. The lowest BCUT2D eigenvalue weighted by Crippen LogP contribution is -2.42. The summed E-state index contributed by atoms with van der Waals surface area (Å²) in [5, 5.41) is 3.68. The first-order valence-corrected chi connectivity index (χ1v) is 5.79. The van der Waals surface area contributed by atoms with Crippen LogP contribution in [0.1, 0.15) is 24.8 Å². The average Bonchev–Trinajstić information content (AvgIpc) is 2.90. The van der Waals surface area contributed by atoms with E-state index in [-0.39, 0.29) is 5.54 Å². The zero-order valence-electron chi connectivity index (χ0n) is 9.11. The van der Waals surface area contributed by atoms with E-state index in [9.17, 15) is 0 Å². The molecule has 1 nitrogen and oxygen atoms in total. The third kappa shape index (κ3) is 1.34. The zero-order valence-corrected chi connectivity index (χ0v) is 9.11. The molecule has 1 aromatic rings. The van der Waals surface area contributed by atoms with E-state index in [1.165, 1.54) is 12.0 Å². The molecule has 1 heterocycles. The highest BCUT2D eigenvalue weighted by Crippen LogP contribution is 2.43. The smallest absolute Gasteiger partial charge is 0.0437 e. The molecule has 0 radical (unpaired) electrons. The van der Waals surface area contributed by atoms with E-state index >= 15 is 0 Å². The molecule has 1 aliphatic carbocycles. The summed E-state index contributed by atoms with van der Waals surface area (Å²) in [5.41, 5.74) is 1.68. The molecule has 2 unspecified atom stereocenters. The van der Waals surface area contributed by atoms with Crippen molar-refractivity contribution < 1.29 is 0 Å². The molecule has 1 saturated heterocycles. The van der Waals surface area contributed by atoms with Crippen LogP contribution in [0.2, 0.25) is 0 Å². The van der Waals surface area contributed by atoms with E-state index in [1.54, 1.807) is 0 Å². The molecule has 3 atom stereocenters. The number of nitrogens with one attached hydrogen (secondary N) is 1. The van der Waals surface area contributed by atoms with E-state index in [0.717, 1.165) is 12.5 Å². The van der Waals surface area contributed by atoms with E-state index < -0.39 is 0 Å². The van der Waals surface area contributed by atoms with Gasteiger partial charge >= 0.3 is 0 Å². The predicted molar refractivity (Wildman–Crippen MR) is 62.8 cm³/mol. The van der Waals surface area contributed by atoms with Gasteiger partial charge in [0.2, 0.25) is 0 Å². The van der Waals surface area contributed by atoms with Crippen LogP contribution in [0.4, 0.5) is 0 Å². The maximum Gasteiger partial charge on any atom is 0.0437 e. The first kappa shape index (κ1) is 9.17. The molecule has 2 aliphatic rings. The average molecular weight is 199 g/mol. The Hall–Kier alpha value is -1.08. The van der Waals surface area contributed by atoms with Crippen LogP contribution in [0.25, 0.3) is 0 Å². The molecule has 1 N–H and O–H groups in total. The van der Waals surface area contributed by atoms with Crippen LogP contribution in [-0.2, 0) is 0 Å². The summed E-state index contributed by atoms with van der Waals surface area (Å²) in [6.07, 6.45) is 6.05. The van der Waals surface area contributed by atoms with Crippen LogP contribution in [0.3, 0.4) is 0 Å². The lowest BCUT2D eigenvalue weighted by atomic mass is 9.81. The molecule has 0 spiro atoms. The van der Waals surface area contributed by atoms with Gasteiger partial charge in [0.25, 0.3) is 0 Å². The maximum atomic E-state index is 3.68. The molecule has 1 aromatic carbocycles. The normalized spacial score (nSPS) is 34.6. The van der Waals surface area contributed by atoms with Crippen molar-refractivity contribution in [3.05, 3.63) is 48.0 Å². The number of fused-ring (bicyclic) bond motifs is 2. The van der Waals surface area contributed by atoms with Crippen molar-refractivity contribution in [2.45, 2.75) is 24.8 Å². The number of rotatable bonds is 2. The third-order valence-electron chi connectivity index (χ3n) is 4.03. The molecular formula is C14H17N. The van der Waals surface area contributed by atoms with Crippen LogP contribution in [0, 0.1) is 5.92 Å². The third-order valence-corrected chi connectivity index (χ3v) is 4.03. The highest BCUT2D eigenvalue weighted by atomic mass is 15.0. The molecule has 3 rings (SSSR count). The van der Waals surface area contributed by atoms with Crippen molar-refractivity contribution in [2.24, 2.45) is 5.92 Å². The first-order chi connectivity index (χ1) is 7.30. The van der Waals surface area contributed by atoms with Gasteiger partial charge in [0.15, 0.2) is 0 Å². The summed E-state index contributed by atoms with van der Waals surface area (Å²) in [4.78, 5) is 0. The Morgan fingerprint density at radius 2 is 2.13 bits per heavy atom. The fourth-order valence-electron chi connectivity index (χ4n) is 2.98. The standard InChI is InChI=1S/C14H17N/c1-11(13-5-3-2-4-6-13)14-8-7-12(9-14)10-15-14/h2-8,11-12,15H,9-10H2,1H3/t11?,12?,14-/m1/s1. The van der Waals surface area contributed by atoms with Gasteiger partial charge in [-0.3, -0.25) is 0 Å². The molecule has 0 aromatic heterocycles. The van der Waals surface area contributed by atoms with Crippen LogP contribution >= 0.6 is 0 Å². The van der Waals surface area contributed by atoms with Gasteiger partial charge in [-0.05, 0) is 17.9 Å². The van der Waals surface area contributed by atoms with Crippen LogP contribution < -0.4 is 5.32 Å². The van der Waals surface area contributed by atoms with Gasteiger partial charge in [-0.2, -0.15) is 0 Å². The van der Waals surface area contributed by atoms with E-state index in [1.807, 2.05) is 0 Å². The van der Waals surface area contributed by atoms with Crippen LogP contribution in [0.5, 0.6) is 0 Å². The summed E-state index contributed by atoms with van der Waals surface area (Å²) in [6.45, 7) is 3.49. The van der Waals surface area contributed by atoms with Gasteiger partial charge in [0.05, 0.1) is 0 Å². The summed E-state index contributed by atoms with van der Waals surface area (Å²) >= 11 is 0. The van der Waals surface area contributed by atoms with Crippen molar-refractivity contribution in [1.82, 2.24) is 5.32 Å². The quantitative estimate of drug-likeness (QED) is 0.722. The Kier molecular flexibility index (Phi) is 1.96. The number of benzene rings is 1. The highest BCUT2D eigenvalue weighted by molar-refractivity contribution is 5.32. The molecule has 15 heavy (non-hydrogen) atoms. The Morgan fingerprint density at radius 3 is 2.67 bits per heavy atom. The predicted octanol–water partition coefficient (Wildman–Crippen LogP) is 2.71. The van der Waals surface area contributed by atoms with Crippen molar-refractivity contribution in [3.63, 3.8) is 0 Å². The van der Waals surface area contributed by atoms with Gasteiger partial charge in [0.1, 0.15) is 0 Å². The minimum atomic E-state index is 0.242. The van der Waals surface area contributed by atoms with Crippen molar-refractivity contribution >= 4 is 0 Å². The molecule has 0 saturated carbocycles. The minimum Gasteiger partial charge on any atom is -0.307 e. The summed E-state index contributed by atoms with van der Waals surface area (Å²) < 4.78 is 0. The van der Waals surface area contributed by atoms with Crippen molar-refractivity contribution in [1.29, 1.82) is 0 Å². The fraction of sp³-hybridized carbons (Fsp3) is 0.429. The highest BCUT2D eigenvalue weighted by Gasteiger charge is 2.44. The van der Waals surface area contributed by atoms with Crippen LogP contribution in [-0.4, -0.2) is 12.1 Å². The number of hydrogen-bond donors (Lipinski definition) is 1. The molecule has 0 amide bonds. The monoisotopic (exact) mass is 199 g/mol. The molecule has 1 aliphatic heterocycles. The van der Waals surface area contributed by atoms with Crippen molar-refractivity contribution in [3.8, 4) is 0 Å². The zero-order chi connectivity index (χ0) is 10.3. The molecular weight excluding hydrogens is 182 g/mol. The van der Waals surface area contributed by atoms with E-state index in [0.29, 0.717) is 5.92 Å². The molecule has 1 fully saturated rings. The topological polar surface area (TPSA) is 12.0 Å².